The highest BCUT2D eigenvalue weighted by Crippen LogP contribution is 2.29. The third kappa shape index (κ3) is 4.60. The van der Waals surface area contributed by atoms with Gasteiger partial charge in [-0.2, -0.15) is 0 Å². The van der Waals surface area contributed by atoms with Gasteiger partial charge in [-0.3, -0.25) is 14.9 Å². The van der Waals surface area contributed by atoms with Crippen molar-refractivity contribution < 1.29 is 18.8 Å². The Morgan fingerprint density at radius 1 is 1.26 bits per heavy atom. The van der Waals surface area contributed by atoms with Gasteiger partial charge in [0, 0.05) is 16.7 Å². The van der Waals surface area contributed by atoms with Crippen LogP contribution in [-0.2, 0) is 6.61 Å². The van der Waals surface area contributed by atoms with Crippen molar-refractivity contribution in [3.63, 3.8) is 0 Å². The molecule has 9 heteroatoms. The van der Waals surface area contributed by atoms with Crippen LogP contribution in [0.2, 0.25) is 5.02 Å². The summed E-state index contributed by atoms with van der Waals surface area (Å²) >= 11 is 6.91. The highest BCUT2D eigenvalue weighted by molar-refractivity contribution is 7.12. The number of anilines is 1. The fraction of sp³-hybridized carbons (Fsp3) is 0.0556. The summed E-state index contributed by atoms with van der Waals surface area (Å²) in [5, 5.41) is 15.5. The van der Waals surface area contributed by atoms with Gasteiger partial charge in [-0.1, -0.05) is 23.7 Å². The number of hydrogen-bond donors (Lipinski definition) is 1. The molecule has 0 bridgehead atoms. The number of nitrogens with zero attached hydrogens (tertiary/aromatic N) is 1. The van der Waals surface area contributed by atoms with E-state index in [0.29, 0.717) is 10.4 Å². The van der Waals surface area contributed by atoms with Crippen LogP contribution >= 0.6 is 22.9 Å². The second-order valence-corrected chi connectivity index (χ2v) is 6.76. The van der Waals surface area contributed by atoms with Crippen molar-refractivity contribution in [2.75, 3.05) is 5.32 Å². The van der Waals surface area contributed by atoms with Gasteiger partial charge >= 0.3 is 0 Å². The molecule has 1 N–H and O–H groups in total. The van der Waals surface area contributed by atoms with E-state index in [4.69, 9.17) is 16.3 Å². The number of thiophene rings is 1. The second kappa shape index (κ2) is 8.15. The van der Waals surface area contributed by atoms with Crippen LogP contribution in [0.15, 0.2) is 53.9 Å². The van der Waals surface area contributed by atoms with Crippen LogP contribution in [-0.4, -0.2) is 10.8 Å². The van der Waals surface area contributed by atoms with E-state index in [2.05, 4.69) is 5.32 Å². The number of nitro groups is 1. The molecule has 3 rings (SSSR count). The first-order chi connectivity index (χ1) is 12.9. The molecule has 2 aromatic carbocycles. The molecule has 1 heterocycles. The SMILES string of the molecule is O=C(Nc1ccc(Cl)cc1[N+](=O)[O-])c1cc(COc2ccccc2F)cs1. The van der Waals surface area contributed by atoms with Gasteiger partial charge in [0.15, 0.2) is 11.6 Å². The lowest BCUT2D eigenvalue weighted by Gasteiger charge is -2.06. The maximum atomic E-state index is 13.5. The lowest BCUT2D eigenvalue weighted by molar-refractivity contribution is -0.383. The van der Waals surface area contributed by atoms with Gasteiger partial charge in [-0.25, -0.2) is 4.39 Å². The zero-order chi connectivity index (χ0) is 19.4. The van der Waals surface area contributed by atoms with E-state index in [-0.39, 0.29) is 28.8 Å². The Balaban J connectivity index is 1.69. The Kier molecular flexibility index (Phi) is 5.68. The molecule has 0 atom stereocenters. The van der Waals surface area contributed by atoms with Crippen molar-refractivity contribution in [2.24, 2.45) is 0 Å². The van der Waals surface area contributed by atoms with Crippen molar-refractivity contribution in [1.29, 1.82) is 0 Å². The maximum absolute atomic E-state index is 13.5. The Morgan fingerprint density at radius 2 is 2.04 bits per heavy atom. The Bertz CT molecular complexity index is 1010. The van der Waals surface area contributed by atoms with Crippen LogP contribution in [0.3, 0.4) is 0 Å². The van der Waals surface area contributed by atoms with E-state index in [1.54, 1.807) is 23.6 Å². The normalized spacial score (nSPS) is 10.4. The van der Waals surface area contributed by atoms with Crippen LogP contribution in [0.4, 0.5) is 15.8 Å². The van der Waals surface area contributed by atoms with Gasteiger partial charge in [0.2, 0.25) is 0 Å². The van der Waals surface area contributed by atoms with E-state index in [1.165, 1.54) is 30.3 Å². The Labute approximate surface area is 162 Å². The Morgan fingerprint density at radius 3 is 2.78 bits per heavy atom. The number of halogens is 2. The minimum atomic E-state index is -0.621. The topological polar surface area (TPSA) is 81.5 Å². The first-order valence-corrected chi connectivity index (χ1v) is 8.90. The van der Waals surface area contributed by atoms with Crippen LogP contribution in [0.25, 0.3) is 0 Å². The average Bonchev–Trinajstić information content (AvgIpc) is 3.11. The predicted octanol–water partition coefficient (Wildman–Crippen LogP) is 5.28. The summed E-state index contributed by atoms with van der Waals surface area (Å²) in [4.78, 5) is 23.2. The van der Waals surface area contributed by atoms with E-state index < -0.39 is 16.6 Å². The zero-order valence-corrected chi connectivity index (χ0v) is 15.2. The van der Waals surface area contributed by atoms with E-state index in [9.17, 15) is 19.3 Å². The summed E-state index contributed by atoms with van der Waals surface area (Å²) in [5.41, 5.74) is 0.432. The molecule has 0 aliphatic rings. The van der Waals surface area contributed by atoms with Gasteiger partial charge in [0.05, 0.1) is 9.80 Å². The molecule has 3 aromatic rings. The molecule has 1 amide bonds. The van der Waals surface area contributed by atoms with Crippen molar-refractivity contribution >= 4 is 40.2 Å². The maximum Gasteiger partial charge on any atom is 0.294 e. The number of carbonyl (C=O) groups is 1. The van der Waals surface area contributed by atoms with Gasteiger partial charge in [0.25, 0.3) is 11.6 Å². The zero-order valence-electron chi connectivity index (χ0n) is 13.6. The monoisotopic (exact) mass is 406 g/mol. The number of amides is 1. The summed E-state index contributed by atoms with van der Waals surface area (Å²) in [6.07, 6.45) is 0. The first kappa shape index (κ1) is 18.8. The Hall–Kier alpha value is -2.97. The van der Waals surface area contributed by atoms with Crippen molar-refractivity contribution in [1.82, 2.24) is 0 Å². The van der Waals surface area contributed by atoms with E-state index >= 15 is 0 Å². The lowest BCUT2D eigenvalue weighted by atomic mass is 10.2. The fourth-order valence-electron chi connectivity index (χ4n) is 2.24. The largest absolute Gasteiger partial charge is 0.486 e. The van der Waals surface area contributed by atoms with Gasteiger partial charge in [0.1, 0.15) is 12.3 Å². The molecule has 0 aliphatic heterocycles. The summed E-state index contributed by atoms with van der Waals surface area (Å²) < 4.78 is 18.9. The minimum absolute atomic E-state index is 0.0481. The number of hydrogen-bond acceptors (Lipinski definition) is 5. The van der Waals surface area contributed by atoms with Crippen molar-refractivity contribution in [3.8, 4) is 5.75 Å². The third-order valence-corrected chi connectivity index (χ3v) is 4.73. The number of ether oxygens (including phenoxy) is 1. The fourth-order valence-corrected chi connectivity index (χ4v) is 3.20. The first-order valence-electron chi connectivity index (χ1n) is 7.64. The number of carbonyl (C=O) groups excluding carboxylic acids is 1. The highest BCUT2D eigenvalue weighted by Gasteiger charge is 2.18. The van der Waals surface area contributed by atoms with E-state index in [0.717, 1.165) is 11.3 Å². The summed E-state index contributed by atoms with van der Waals surface area (Å²) in [6.45, 7) is 0.0891. The molecular formula is C18H12ClFN2O4S. The second-order valence-electron chi connectivity index (χ2n) is 5.41. The van der Waals surface area contributed by atoms with E-state index in [1.807, 2.05) is 0 Å². The van der Waals surface area contributed by atoms with Gasteiger partial charge in [-0.05, 0) is 35.7 Å². The smallest absolute Gasteiger partial charge is 0.294 e. The van der Waals surface area contributed by atoms with Crippen LogP contribution < -0.4 is 10.1 Å². The number of nitro benzene ring substituents is 1. The third-order valence-electron chi connectivity index (χ3n) is 3.51. The lowest BCUT2D eigenvalue weighted by Crippen LogP contribution is -2.11. The molecule has 0 saturated carbocycles. The van der Waals surface area contributed by atoms with Crippen LogP contribution in [0.5, 0.6) is 5.75 Å². The standard InChI is InChI=1S/C18H12ClFN2O4S/c19-12-5-6-14(15(8-12)22(24)25)21-18(23)17-7-11(10-27-17)9-26-16-4-2-1-3-13(16)20/h1-8,10H,9H2,(H,21,23). The summed E-state index contributed by atoms with van der Waals surface area (Å²) in [6, 6.07) is 11.6. The predicted molar refractivity (Wildman–Crippen MR) is 101 cm³/mol. The van der Waals surface area contributed by atoms with Crippen molar-refractivity contribution in [3.05, 3.63) is 85.3 Å². The molecule has 0 saturated heterocycles. The number of para-hydroxylation sites is 1. The van der Waals surface area contributed by atoms with Gasteiger partial charge in [-0.15, -0.1) is 11.3 Å². The molecule has 0 fully saturated rings. The highest BCUT2D eigenvalue weighted by atomic mass is 35.5. The quantitative estimate of drug-likeness (QED) is 0.446. The molecule has 0 unspecified atom stereocenters. The molecule has 1 aromatic heterocycles. The van der Waals surface area contributed by atoms with Gasteiger partial charge < -0.3 is 10.1 Å². The minimum Gasteiger partial charge on any atom is -0.486 e. The average molecular weight is 407 g/mol. The number of nitrogens with one attached hydrogen (secondary N) is 1. The molecule has 138 valence electrons. The molecule has 0 aliphatic carbocycles. The summed E-state index contributed by atoms with van der Waals surface area (Å²) in [5.74, 6) is -0.852. The molecule has 0 radical (unpaired) electrons. The van der Waals surface area contributed by atoms with Crippen molar-refractivity contribution in [2.45, 2.75) is 6.61 Å². The summed E-state index contributed by atoms with van der Waals surface area (Å²) in [7, 11) is 0. The molecular weight excluding hydrogens is 395 g/mol. The molecule has 0 spiro atoms. The van der Waals surface area contributed by atoms with Crippen LogP contribution in [0.1, 0.15) is 15.2 Å². The molecule has 6 nitrogen and oxygen atoms in total. The number of rotatable bonds is 6. The molecule has 27 heavy (non-hydrogen) atoms. The number of benzene rings is 2. The van der Waals surface area contributed by atoms with Crippen LogP contribution in [0, 0.1) is 15.9 Å².